The van der Waals surface area contributed by atoms with Crippen LogP contribution in [0.15, 0.2) is 24.3 Å². The number of aliphatic hydroxyl groups is 1. The molecule has 2 atom stereocenters. The van der Waals surface area contributed by atoms with Crippen molar-refractivity contribution in [1.82, 2.24) is 0 Å². The van der Waals surface area contributed by atoms with Crippen LogP contribution >= 0.6 is 0 Å². The first-order valence-corrected chi connectivity index (χ1v) is 5.63. The van der Waals surface area contributed by atoms with Crippen LogP contribution in [-0.4, -0.2) is 24.2 Å². The third kappa shape index (κ3) is 1.71. The van der Waals surface area contributed by atoms with Crippen molar-refractivity contribution in [2.75, 3.05) is 18.1 Å². The lowest BCUT2D eigenvalue weighted by atomic mass is 9.99. The zero-order valence-electron chi connectivity index (χ0n) is 9.68. The molecule has 1 aromatic rings. The molecule has 1 aliphatic heterocycles. The van der Waals surface area contributed by atoms with E-state index < -0.39 is 0 Å². The van der Waals surface area contributed by atoms with Crippen LogP contribution in [0, 0.1) is 18.8 Å². The van der Waals surface area contributed by atoms with E-state index in [0.29, 0.717) is 6.54 Å². The Bertz CT molecular complexity index is 403. The Kier molecular flexibility index (Phi) is 2.97. The third-order valence-electron chi connectivity index (χ3n) is 3.42. The van der Waals surface area contributed by atoms with E-state index in [-0.39, 0.29) is 24.3 Å². The van der Waals surface area contributed by atoms with Crippen molar-refractivity contribution in [3.05, 3.63) is 29.8 Å². The second kappa shape index (κ2) is 4.26. The number of carbonyl (C=O) groups excluding carboxylic acids is 1. The van der Waals surface area contributed by atoms with Crippen LogP contribution in [-0.2, 0) is 4.79 Å². The van der Waals surface area contributed by atoms with Gasteiger partial charge in [0.2, 0.25) is 5.91 Å². The Morgan fingerprint density at radius 2 is 2.12 bits per heavy atom. The van der Waals surface area contributed by atoms with Crippen LogP contribution in [0.4, 0.5) is 5.69 Å². The first-order valence-electron chi connectivity index (χ1n) is 5.63. The number of benzene rings is 1. The van der Waals surface area contributed by atoms with Gasteiger partial charge in [-0.25, -0.2) is 0 Å². The molecule has 0 aliphatic carbocycles. The summed E-state index contributed by atoms with van der Waals surface area (Å²) in [5.41, 5.74) is 2.07. The summed E-state index contributed by atoms with van der Waals surface area (Å²) in [5.74, 6) is 0.102. The predicted octanol–water partition coefficient (Wildman–Crippen LogP) is 1.59. The molecule has 0 saturated carbocycles. The molecule has 1 amide bonds. The first kappa shape index (κ1) is 11.1. The summed E-state index contributed by atoms with van der Waals surface area (Å²) in [7, 11) is 0. The molecule has 2 unspecified atom stereocenters. The molecule has 1 N–H and O–H groups in total. The third-order valence-corrected chi connectivity index (χ3v) is 3.42. The molecule has 1 heterocycles. The lowest BCUT2D eigenvalue weighted by Crippen LogP contribution is -2.26. The predicted molar refractivity (Wildman–Crippen MR) is 63.3 cm³/mol. The highest BCUT2D eigenvalue weighted by atomic mass is 16.3. The van der Waals surface area contributed by atoms with E-state index in [2.05, 4.69) is 0 Å². The number of amides is 1. The number of anilines is 1. The van der Waals surface area contributed by atoms with Crippen LogP contribution in [0.5, 0.6) is 0 Å². The van der Waals surface area contributed by atoms with Gasteiger partial charge in [-0.05, 0) is 18.6 Å². The minimum atomic E-state index is -0.0791. The zero-order valence-corrected chi connectivity index (χ0v) is 9.68. The van der Waals surface area contributed by atoms with Gasteiger partial charge in [0.25, 0.3) is 0 Å². The molecule has 16 heavy (non-hydrogen) atoms. The lowest BCUT2D eigenvalue weighted by Gasteiger charge is -2.18. The number of nitrogens with zero attached hydrogens (tertiary/aromatic N) is 1. The molecule has 1 fully saturated rings. The van der Waals surface area contributed by atoms with Crippen LogP contribution < -0.4 is 4.90 Å². The largest absolute Gasteiger partial charge is 0.396 e. The summed E-state index contributed by atoms with van der Waals surface area (Å²) >= 11 is 0. The fourth-order valence-corrected chi connectivity index (χ4v) is 2.23. The molecular formula is C13H17NO2. The summed E-state index contributed by atoms with van der Waals surface area (Å²) in [6, 6.07) is 7.86. The van der Waals surface area contributed by atoms with Crippen molar-refractivity contribution in [3.8, 4) is 0 Å². The summed E-state index contributed by atoms with van der Waals surface area (Å²) in [6.45, 7) is 4.59. The van der Waals surface area contributed by atoms with E-state index >= 15 is 0 Å². The van der Waals surface area contributed by atoms with E-state index in [0.717, 1.165) is 11.3 Å². The zero-order chi connectivity index (χ0) is 11.7. The molecule has 2 rings (SSSR count). The topological polar surface area (TPSA) is 40.5 Å². The fraction of sp³-hybridized carbons (Fsp3) is 0.462. The van der Waals surface area contributed by atoms with Gasteiger partial charge in [-0.15, -0.1) is 0 Å². The van der Waals surface area contributed by atoms with E-state index in [1.165, 1.54) is 0 Å². The smallest absolute Gasteiger partial charge is 0.230 e. The lowest BCUT2D eigenvalue weighted by molar-refractivity contribution is -0.120. The molecule has 1 aliphatic rings. The Labute approximate surface area is 95.7 Å². The average molecular weight is 219 g/mol. The minimum Gasteiger partial charge on any atom is -0.396 e. The Morgan fingerprint density at radius 1 is 1.44 bits per heavy atom. The Morgan fingerprint density at radius 3 is 2.69 bits per heavy atom. The maximum atomic E-state index is 12.0. The number of hydrogen-bond acceptors (Lipinski definition) is 2. The van der Waals surface area contributed by atoms with Crippen molar-refractivity contribution in [1.29, 1.82) is 0 Å². The fourth-order valence-electron chi connectivity index (χ4n) is 2.23. The monoisotopic (exact) mass is 219 g/mol. The van der Waals surface area contributed by atoms with Gasteiger partial charge >= 0.3 is 0 Å². The van der Waals surface area contributed by atoms with Crippen LogP contribution in [0.25, 0.3) is 0 Å². The quantitative estimate of drug-likeness (QED) is 0.820. The molecule has 1 aromatic carbocycles. The highest BCUT2D eigenvalue weighted by Gasteiger charge is 2.37. The van der Waals surface area contributed by atoms with E-state index in [1.807, 2.05) is 38.1 Å². The van der Waals surface area contributed by atoms with E-state index in [4.69, 9.17) is 0 Å². The molecule has 3 nitrogen and oxygen atoms in total. The van der Waals surface area contributed by atoms with Crippen LogP contribution in [0.2, 0.25) is 0 Å². The summed E-state index contributed by atoms with van der Waals surface area (Å²) in [4.78, 5) is 13.8. The van der Waals surface area contributed by atoms with Crippen molar-refractivity contribution in [2.45, 2.75) is 13.8 Å². The molecule has 86 valence electrons. The number of aliphatic hydroxyl groups excluding tert-OH is 1. The molecule has 1 saturated heterocycles. The minimum absolute atomic E-state index is 0.0621. The molecule has 0 radical (unpaired) electrons. The van der Waals surface area contributed by atoms with Gasteiger partial charge in [0.05, 0.1) is 0 Å². The highest BCUT2D eigenvalue weighted by Crippen LogP contribution is 2.30. The van der Waals surface area contributed by atoms with Gasteiger partial charge in [-0.3, -0.25) is 4.79 Å². The normalized spacial score (nSPS) is 25.2. The van der Waals surface area contributed by atoms with E-state index in [1.54, 1.807) is 4.90 Å². The van der Waals surface area contributed by atoms with Crippen LogP contribution in [0.3, 0.4) is 0 Å². The van der Waals surface area contributed by atoms with Gasteiger partial charge in [-0.1, -0.05) is 25.1 Å². The van der Waals surface area contributed by atoms with Gasteiger partial charge in [0, 0.05) is 30.7 Å². The maximum absolute atomic E-state index is 12.0. The van der Waals surface area contributed by atoms with E-state index in [9.17, 15) is 9.90 Å². The summed E-state index contributed by atoms with van der Waals surface area (Å²) in [6.07, 6.45) is 0. The van der Waals surface area contributed by atoms with Gasteiger partial charge < -0.3 is 10.0 Å². The second-order valence-electron chi connectivity index (χ2n) is 4.47. The highest BCUT2D eigenvalue weighted by molar-refractivity contribution is 5.97. The average Bonchev–Trinajstić information content (AvgIpc) is 2.57. The van der Waals surface area contributed by atoms with Gasteiger partial charge in [-0.2, -0.15) is 0 Å². The van der Waals surface area contributed by atoms with Crippen molar-refractivity contribution < 1.29 is 9.90 Å². The van der Waals surface area contributed by atoms with Crippen molar-refractivity contribution in [2.24, 2.45) is 11.8 Å². The second-order valence-corrected chi connectivity index (χ2v) is 4.47. The molecule has 3 heteroatoms. The summed E-state index contributed by atoms with van der Waals surface area (Å²) < 4.78 is 0. The number of rotatable bonds is 2. The molecule has 0 aromatic heterocycles. The van der Waals surface area contributed by atoms with Gasteiger partial charge in [0.1, 0.15) is 0 Å². The SMILES string of the molecule is Cc1ccccc1N1CC(CO)C(C)C1=O. The molecule has 0 bridgehead atoms. The number of aryl methyl sites for hydroxylation is 1. The Balaban J connectivity index is 2.30. The number of hydrogen-bond donors (Lipinski definition) is 1. The van der Waals surface area contributed by atoms with Crippen molar-refractivity contribution >= 4 is 11.6 Å². The summed E-state index contributed by atoms with van der Waals surface area (Å²) in [5, 5.41) is 9.21. The molecular weight excluding hydrogens is 202 g/mol. The number of carbonyl (C=O) groups is 1. The van der Waals surface area contributed by atoms with Crippen LogP contribution in [0.1, 0.15) is 12.5 Å². The van der Waals surface area contributed by atoms with Gasteiger partial charge in [0.15, 0.2) is 0 Å². The number of para-hydroxylation sites is 1. The standard InChI is InChI=1S/C13H17NO2/c1-9-5-3-4-6-12(9)14-7-11(8-15)10(2)13(14)16/h3-6,10-11,15H,7-8H2,1-2H3. The maximum Gasteiger partial charge on any atom is 0.230 e. The molecule has 0 spiro atoms. The first-order chi connectivity index (χ1) is 7.65. The Hall–Kier alpha value is -1.35. The van der Waals surface area contributed by atoms with Crippen molar-refractivity contribution in [3.63, 3.8) is 0 Å².